The van der Waals surface area contributed by atoms with Crippen LogP contribution in [0.15, 0.2) is 42.5 Å². The number of benzene rings is 2. The highest BCUT2D eigenvalue weighted by molar-refractivity contribution is 6.35. The molecule has 1 amide bonds. The van der Waals surface area contributed by atoms with Crippen LogP contribution in [-0.2, 0) is 27.2 Å². The Morgan fingerprint density at radius 1 is 1.07 bits per heavy atom. The number of hydrogen-bond donors (Lipinski definition) is 0. The first-order chi connectivity index (χ1) is 12.8. The fourth-order valence-corrected chi connectivity index (χ4v) is 3.32. The van der Waals surface area contributed by atoms with Crippen LogP contribution in [-0.4, -0.2) is 36.5 Å². The number of ether oxygens (including phenoxy) is 1. The highest BCUT2D eigenvalue weighted by Gasteiger charge is 2.28. The number of carbonyl (C=O) groups is 2. The van der Waals surface area contributed by atoms with Crippen LogP contribution in [0.25, 0.3) is 0 Å². The Kier molecular flexibility index (Phi) is 7.96. The molecule has 0 spiro atoms. The van der Waals surface area contributed by atoms with Gasteiger partial charge >= 0.3 is 5.97 Å². The molecule has 144 valence electrons. The van der Waals surface area contributed by atoms with Gasteiger partial charge in [-0.25, -0.2) is 4.79 Å². The minimum absolute atomic E-state index is 0.0535. The molecule has 27 heavy (non-hydrogen) atoms. The Balaban J connectivity index is 2.19. The Morgan fingerprint density at radius 3 is 2.41 bits per heavy atom. The first kappa shape index (κ1) is 21.5. The van der Waals surface area contributed by atoms with Crippen LogP contribution in [0.1, 0.15) is 18.1 Å². The summed E-state index contributed by atoms with van der Waals surface area (Å²) in [6.07, 6.45) is 0.355. The van der Waals surface area contributed by atoms with Crippen molar-refractivity contribution in [1.29, 1.82) is 0 Å². The standard InChI is InChI=1S/C20H20Cl3NO3/c1-3-27-20(26)18(10-13-5-4-6-15(21)9-13)24(2)19(25)11-14-7-8-16(22)12-17(14)23/h4-9,12,18H,3,10-11H2,1-2H3. The van der Waals surface area contributed by atoms with Gasteiger partial charge < -0.3 is 9.64 Å². The number of rotatable bonds is 7. The number of esters is 1. The molecular weight excluding hydrogens is 409 g/mol. The second-order valence-corrected chi connectivity index (χ2v) is 7.30. The van der Waals surface area contributed by atoms with Crippen molar-refractivity contribution >= 4 is 46.7 Å². The molecule has 7 heteroatoms. The molecule has 0 bridgehead atoms. The third-order valence-corrected chi connectivity index (χ3v) is 4.92. The molecule has 2 aromatic carbocycles. The van der Waals surface area contributed by atoms with Crippen molar-refractivity contribution in [2.75, 3.05) is 13.7 Å². The number of hydrogen-bond acceptors (Lipinski definition) is 3. The lowest BCUT2D eigenvalue weighted by atomic mass is 10.0. The van der Waals surface area contributed by atoms with E-state index in [4.69, 9.17) is 39.5 Å². The fourth-order valence-electron chi connectivity index (χ4n) is 2.63. The Bertz CT molecular complexity index is 826. The van der Waals surface area contributed by atoms with Crippen molar-refractivity contribution in [3.8, 4) is 0 Å². The molecule has 0 radical (unpaired) electrons. The van der Waals surface area contributed by atoms with E-state index in [9.17, 15) is 9.59 Å². The van der Waals surface area contributed by atoms with Gasteiger partial charge in [-0.3, -0.25) is 4.79 Å². The number of likely N-dealkylation sites (N-methyl/N-ethyl adjacent to an activating group) is 1. The normalized spacial score (nSPS) is 11.7. The van der Waals surface area contributed by atoms with Gasteiger partial charge in [0.05, 0.1) is 13.0 Å². The molecule has 4 nitrogen and oxygen atoms in total. The van der Waals surface area contributed by atoms with E-state index in [1.54, 1.807) is 50.4 Å². The van der Waals surface area contributed by atoms with Crippen LogP contribution in [0.2, 0.25) is 15.1 Å². The van der Waals surface area contributed by atoms with E-state index in [0.29, 0.717) is 27.1 Å². The van der Waals surface area contributed by atoms with Crippen molar-refractivity contribution in [3.63, 3.8) is 0 Å². The van der Waals surface area contributed by atoms with Gasteiger partial charge in [-0.15, -0.1) is 0 Å². The summed E-state index contributed by atoms with van der Waals surface area (Å²) in [4.78, 5) is 26.6. The van der Waals surface area contributed by atoms with Gasteiger partial charge in [0.2, 0.25) is 5.91 Å². The van der Waals surface area contributed by atoms with Gasteiger partial charge in [-0.1, -0.05) is 53.0 Å². The third kappa shape index (κ3) is 6.13. The van der Waals surface area contributed by atoms with E-state index in [1.807, 2.05) is 6.07 Å². The van der Waals surface area contributed by atoms with E-state index < -0.39 is 12.0 Å². The first-order valence-corrected chi connectivity index (χ1v) is 9.55. The number of carbonyl (C=O) groups excluding carboxylic acids is 2. The summed E-state index contributed by atoms with van der Waals surface area (Å²) in [5.74, 6) is -0.713. The molecule has 0 fully saturated rings. The van der Waals surface area contributed by atoms with E-state index in [1.165, 1.54) is 4.90 Å². The van der Waals surface area contributed by atoms with Crippen LogP contribution >= 0.6 is 34.8 Å². The van der Waals surface area contributed by atoms with Crippen molar-refractivity contribution in [2.24, 2.45) is 0 Å². The maximum Gasteiger partial charge on any atom is 0.329 e. The summed E-state index contributed by atoms with van der Waals surface area (Å²) in [5.41, 5.74) is 1.48. The van der Waals surface area contributed by atoms with Gasteiger partial charge in [0.25, 0.3) is 0 Å². The van der Waals surface area contributed by atoms with Crippen LogP contribution < -0.4 is 0 Å². The number of halogens is 3. The van der Waals surface area contributed by atoms with Crippen LogP contribution in [0.4, 0.5) is 0 Å². The first-order valence-electron chi connectivity index (χ1n) is 8.42. The quantitative estimate of drug-likeness (QED) is 0.594. The number of amides is 1. The maximum atomic E-state index is 12.8. The highest BCUT2D eigenvalue weighted by atomic mass is 35.5. The van der Waals surface area contributed by atoms with Gasteiger partial charge in [0.15, 0.2) is 0 Å². The van der Waals surface area contributed by atoms with Gasteiger partial charge in [-0.05, 0) is 42.3 Å². The Hall–Kier alpha value is -1.75. The minimum atomic E-state index is -0.762. The van der Waals surface area contributed by atoms with Crippen molar-refractivity contribution < 1.29 is 14.3 Å². The topological polar surface area (TPSA) is 46.6 Å². The highest BCUT2D eigenvalue weighted by Crippen LogP contribution is 2.22. The lowest BCUT2D eigenvalue weighted by molar-refractivity contribution is -0.153. The minimum Gasteiger partial charge on any atom is -0.464 e. The molecule has 0 heterocycles. The Morgan fingerprint density at radius 2 is 1.78 bits per heavy atom. The molecule has 2 rings (SSSR count). The van der Waals surface area contributed by atoms with E-state index >= 15 is 0 Å². The summed E-state index contributed by atoms with van der Waals surface area (Å²) >= 11 is 18.1. The summed E-state index contributed by atoms with van der Waals surface area (Å²) in [6.45, 7) is 1.96. The zero-order chi connectivity index (χ0) is 20.0. The van der Waals surface area contributed by atoms with Crippen LogP contribution in [0.3, 0.4) is 0 Å². The average Bonchev–Trinajstić information content (AvgIpc) is 2.61. The van der Waals surface area contributed by atoms with Crippen molar-refractivity contribution in [1.82, 2.24) is 4.90 Å². The van der Waals surface area contributed by atoms with Crippen molar-refractivity contribution in [2.45, 2.75) is 25.8 Å². The summed E-state index contributed by atoms with van der Waals surface area (Å²) in [6, 6.07) is 11.4. The molecule has 0 aromatic heterocycles. The smallest absolute Gasteiger partial charge is 0.329 e. The maximum absolute atomic E-state index is 12.8. The summed E-state index contributed by atoms with van der Waals surface area (Å²) in [7, 11) is 1.58. The fraction of sp³-hybridized carbons (Fsp3) is 0.300. The van der Waals surface area contributed by atoms with E-state index in [2.05, 4.69) is 0 Å². The average molecular weight is 429 g/mol. The zero-order valence-corrected chi connectivity index (χ0v) is 17.3. The van der Waals surface area contributed by atoms with E-state index in [-0.39, 0.29) is 18.9 Å². The Labute approximate surface area is 174 Å². The molecule has 0 N–H and O–H groups in total. The third-order valence-electron chi connectivity index (χ3n) is 4.09. The van der Waals surface area contributed by atoms with E-state index in [0.717, 1.165) is 5.56 Å². The van der Waals surface area contributed by atoms with Crippen LogP contribution in [0, 0.1) is 0 Å². The summed E-state index contributed by atoms with van der Waals surface area (Å²) < 4.78 is 5.16. The molecule has 0 saturated carbocycles. The zero-order valence-electron chi connectivity index (χ0n) is 15.0. The molecule has 2 aromatic rings. The SMILES string of the molecule is CCOC(=O)C(Cc1cccc(Cl)c1)N(C)C(=O)Cc1ccc(Cl)cc1Cl. The largest absolute Gasteiger partial charge is 0.464 e. The van der Waals surface area contributed by atoms with Crippen molar-refractivity contribution in [3.05, 3.63) is 68.7 Å². The lowest BCUT2D eigenvalue weighted by Crippen LogP contribution is -2.45. The number of nitrogens with zero attached hydrogens (tertiary/aromatic N) is 1. The molecule has 1 unspecified atom stereocenters. The molecule has 1 atom stereocenters. The second-order valence-electron chi connectivity index (χ2n) is 6.02. The molecule has 0 saturated heterocycles. The predicted octanol–water partition coefficient (Wildman–Crippen LogP) is 4.82. The van der Waals surface area contributed by atoms with Gasteiger partial charge in [0, 0.05) is 28.5 Å². The molecule has 0 aliphatic rings. The van der Waals surface area contributed by atoms with Crippen LogP contribution in [0.5, 0.6) is 0 Å². The predicted molar refractivity (Wildman–Crippen MR) is 109 cm³/mol. The molecular formula is C20H20Cl3NO3. The molecule has 0 aliphatic carbocycles. The monoisotopic (exact) mass is 427 g/mol. The molecule has 0 aliphatic heterocycles. The van der Waals surface area contributed by atoms with Gasteiger partial charge in [-0.2, -0.15) is 0 Å². The van der Waals surface area contributed by atoms with Gasteiger partial charge in [0.1, 0.15) is 6.04 Å². The lowest BCUT2D eigenvalue weighted by Gasteiger charge is -2.27. The second kappa shape index (κ2) is 9.98. The summed E-state index contributed by atoms with van der Waals surface area (Å²) in [5, 5.41) is 1.47.